The van der Waals surface area contributed by atoms with Gasteiger partial charge in [-0.25, -0.2) is 8.42 Å². The molecule has 10 nitrogen and oxygen atoms in total. The molecule has 40 heavy (non-hydrogen) atoms. The maximum Gasteiger partial charge on any atom is 0.264 e. The highest BCUT2D eigenvalue weighted by molar-refractivity contribution is 7.92. The molecule has 0 bridgehead atoms. The number of benzene rings is 3. The van der Waals surface area contributed by atoms with Crippen molar-refractivity contribution in [2.24, 2.45) is 0 Å². The minimum absolute atomic E-state index is 0.120. The molecular weight excluding hydrogens is 558 g/mol. The number of para-hydroxylation sites is 1. The van der Waals surface area contributed by atoms with Crippen LogP contribution in [0.15, 0.2) is 94.4 Å². The van der Waals surface area contributed by atoms with E-state index in [2.05, 4.69) is 10.6 Å². The fourth-order valence-electron chi connectivity index (χ4n) is 3.81. The smallest absolute Gasteiger partial charge is 0.264 e. The molecule has 2 N–H and O–H groups in total. The minimum atomic E-state index is -4.27. The fourth-order valence-corrected chi connectivity index (χ4v) is 5.38. The van der Waals surface area contributed by atoms with Gasteiger partial charge in [-0.2, -0.15) is 0 Å². The summed E-state index contributed by atoms with van der Waals surface area (Å²) in [6, 6.07) is 20.0. The van der Waals surface area contributed by atoms with Crippen LogP contribution in [0.25, 0.3) is 0 Å². The number of halogens is 1. The molecule has 0 saturated carbocycles. The highest BCUT2D eigenvalue weighted by atomic mass is 35.5. The van der Waals surface area contributed by atoms with E-state index in [-0.39, 0.29) is 34.1 Å². The lowest BCUT2D eigenvalue weighted by Crippen LogP contribution is -2.38. The number of carbonyl (C=O) groups is 2. The second kappa shape index (κ2) is 12.6. The SMILES string of the molecule is COc1ccc(S(=O)(=O)N(CC(=O)Nc2ccccc2C(=O)NCc2ccco2)c2ccc(Cl)cc2)cc1OC. The van der Waals surface area contributed by atoms with Crippen molar-refractivity contribution in [2.45, 2.75) is 11.4 Å². The molecule has 0 saturated heterocycles. The minimum Gasteiger partial charge on any atom is -0.493 e. The molecule has 1 heterocycles. The third-order valence-corrected chi connectivity index (χ3v) is 7.82. The van der Waals surface area contributed by atoms with Gasteiger partial charge in [0.15, 0.2) is 11.5 Å². The van der Waals surface area contributed by atoms with Crippen LogP contribution in [0.5, 0.6) is 11.5 Å². The molecule has 3 aromatic carbocycles. The van der Waals surface area contributed by atoms with E-state index in [1.54, 1.807) is 36.4 Å². The van der Waals surface area contributed by atoms with Crippen molar-refractivity contribution in [3.8, 4) is 11.5 Å². The Labute approximate surface area is 236 Å². The first-order chi connectivity index (χ1) is 19.2. The first kappa shape index (κ1) is 28.5. The molecule has 4 rings (SSSR count). The standard InChI is InChI=1S/C28H26ClN3O7S/c1-37-25-14-13-22(16-26(25)38-2)40(35,36)32(20-11-9-19(29)10-12-20)18-27(33)31-24-8-4-3-7-23(24)28(34)30-17-21-6-5-15-39-21/h3-16H,17-18H2,1-2H3,(H,30,34)(H,31,33). The van der Waals surface area contributed by atoms with E-state index >= 15 is 0 Å². The summed E-state index contributed by atoms with van der Waals surface area (Å²) in [7, 11) is -1.44. The highest BCUT2D eigenvalue weighted by Gasteiger charge is 2.29. The number of hydrogen-bond acceptors (Lipinski definition) is 7. The van der Waals surface area contributed by atoms with Gasteiger partial charge < -0.3 is 24.5 Å². The van der Waals surface area contributed by atoms with Crippen molar-refractivity contribution < 1.29 is 31.9 Å². The number of sulfonamides is 1. The fraction of sp³-hybridized carbons (Fsp3) is 0.143. The topological polar surface area (TPSA) is 127 Å². The molecule has 4 aromatic rings. The summed E-state index contributed by atoms with van der Waals surface area (Å²) in [6.45, 7) is -0.442. The third kappa shape index (κ3) is 6.56. The van der Waals surface area contributed by atoms with Crippen LogP contribution in [-0.2, 0) is 21.4 Å². The average molecular weight is 584 g/mol. The third-order valence-electron chi connectivity index (χ3n) is 5.79. The van der Waals surface area contributed by atoms with Gasteiger partial charge in [0.05, 0.1) is 48.9 Å². The lowest BCUT2D eigenvalue weighted by Gasteiger charge is -2.25. The van der Waals surface area contributed by atoms with Crippen LogP contribution in [0.3, 0.4) is 0 Å². The van der Waals surface area contributed by atoms with Crippen LogP contribution in [0, 0.1) is 0 Å². The molecule has 0 fully saturated rings. The van der Waals surface area contributed by atoms with Crippen molar-refractivity contribution in [3.05, 3.63) is 101 Å². The van der Waals surface area contributed by atoms with Crippen LogP contribution < -0.4 is 24.4 Å². The van der Waals surface area contributed by atoms with Gasteiger partial charge in [-0.1, -0.05) is 23.7 Å². The number of nitrogens with zero attached hydrogens (tertiary/aromatic N) is 1. The molecule has 0 spiro atoms. The summed E-state index contributed by atoms with van der Waals surface area (Å²) in [5.41, 5.74) is 0.617. The van der Waals surface area contributed by atoms with Gasteiger partial charge in [-0.15, -0.1) is 0 Å². The molecule has 0 radical (unpaired) electrons. The van der Waals surface area contributed by atoms with Gasteiger partial charge in [0.1, 0.15) is 12.3 Å². The monoisotopic (exact) mass is 583 g/mol. The second-order valence-electron chi connectivity index (χ2n) is 8.36. The van der Waals surface area contributed by atoms with Crippen molar-refractivity contribution in [1.29, 1.82) is 0 Å². The zero-order chi connectivity index (χ0) is 28.7. The summed E-state index contributed by atoms with van der Waals surface area (Å²) >= 11 is 6.02. The average Bonchev–Trinajstić information content (AvgIpc) is 3.49. The molecule has 0 aliphatic heterocycles. The number of furan rings is 1. The molecule has 1 aromatic heterocycles. The number of nitrogens with one attached hydrogen (secondary N) is 2. The maximum absolute atomic E-state index is 13.8. The Morgan fingerprint density at radius 1 is 0.925 bits per heavy atom. The molecule has 2 amide bonds. The van der Waals surface area contributed by atoms with E-state index in [0.29, 0.717) is 16.5 Å². The number of carbonyl (C=O) groups excluding carboxylic acids is 2. The summed E-state index contributed by atoms with van der Waals surface area (Å²) < 4.78 is 44.2. The Kier molecular flexibility index (Phi) is 8.97. The predicted octanol–water partition coefficient (Wildman–Crippen LogP) is 4.71. The van der Waals surface area contributed by atoms with E-state index in [9.17, 15) is 18.0 Å². The van der Waals surface area contributed by atoms with E-state index in [1.807, 2.05) is 0 Å². The Morgan fingerprint density at radius 2 is 1.65 bits per heavy atom. The number of anilines is 2. The molecule has 208 valence electrons. The van der Waals surface area contributed by atoms with E-state index in [0.717, 1.165) is 4.31 Å². The van der Waals surface area contributed by atoms with Crippen LogP contribution in [0.4, 0.5) is 11.4 Å². The number of rotatable bonds is 11. The number of hydrogen-bond donors (Lipinski definition) is 2. The zero-order valence-electron chi connectivity index (χ0n) is 21.6. The van der Waals surface area contributed by atoms with Crippen molar-refractivity contribution in [3.63, 3.8) is 0 Å². The van der Waals surface area contributed by atoms with Crippen LogP contribution in [0.2, 0.25) is 5.02 Å². The number of methoxy groups -OCH3 is 2. The first-order valence-electron chi connectivity index (χ1n) is 11.9. The Hall–Kier alpha value is -4.48. The number of amides is 2. The van der Waals surface area contributed by atoms with Crippen LogP contribution >= 0.6 is 11.6 Å². The summed E-state index contributed by atoms with van der Waals surface area (Å²) in [6.07, 6.45) is 1.50. The molecule has 0 atom stereocenters. The van der Waals surface area contributed by atoms with Gasteiger partial charge in [0, 0.05) is 11.1 Å². The lowest BCUT2D eigenvalue weighted by molar-refractivity contribution is -0.114. The molecule has 0 aliphatic carbocycles. The summed E-state index contributed by atoms with van der Waals surface area (Å²) in [4.78, 5) is 26.0. The maximum atomic E-state index is 13.8. The van der Waals surface area contributed by atoms with Gasteiger partial charge >= 0.3 is 0 Å². The van der Waals surface area contributed by atoms with Gasteiger partial charge in [-0.05, 0) is 60.7 Å². The van der Waals surface area contributed by atoms with Gasteiger partial charge in [0.25, 0.3) is 15.9 Å². The van der Waals surface area contributed by atoms with E-state index in [1.165, 1.54) is 62.9 Å². The van der Waals surface area contributed by atoms with Gasteiger partial charge in [-0.3, -0.25) is 13.9 Å². The molecule has 12 heteroatoms. The first-order valence-corrected chi connectivity index (χ1v) is 13.7. The van der Waals surface area contributed by atoms with E-state index < -0.39 is 28.4 Å². The van der Waals surface area contributed by atoms with Gasteiger partial charge in [0.2, 0.25) is 5.91 Å². The molecular formula is C28H26ClN3O7S. The Bertz CT molecular complexity index is 1590. The predicted molar refractivity (Wildman–Crippen MR) is 150 cm³/mol. The zero-order valence-corrected chi connectivity index (χ0v) is 23.2. The van der Waals surface area contributed by atoms with E-state index in [4.69, 9.17) is 25.5 Å². The summed E-state index contributed by atoms with van der Waals surface area (Å²) in [5.74, 6) is -0.00308. The van der Waals surface area contributed by atoms with Crippen LogP contribution in [-0.4, -0.2) is 41.0 Å². The second-order valence-corrected chi connectivity index (χ2v) is 10.7. The number of ether oxygens (including phenoxy) is 2. The molecule has 0 unspecified atom stereocenters. The normalized spacial score (nSPS) is 11.0. The highest BCUT2D eigenvalue weighted by Crippen LogP contribution is 2.32. The van der Waals surface area contributed by atoms with Crippen molar-refractivity contribution in [1.82, 2.24) is 5.32 Å². The largest absolute Gasteiger partial charge is 0.493 e. The Balaban J connectivity index is 1.60. The van der Waals surface area contributed by atoms with Crippen molar-refractivity contribution in [2.75, 3.05) is 30.4 Å². The van der Waals surface area contributed by atoms with Crippen molar-refractivity contribution >= 4 is 44.8 Å². The quantitative estimate of drug-likeness (QED) is 0.262. The molecule has 0 aliphatic rings. The lowest BCUT2D eigenvalue weighted by atomic mass is 10.1. The summed E-state index contributed by atoms with van der Waals surface area (Å²) in [5, 5.41) is 5.78. The Morgan fingerprint density at radius 3 is 2.33 bits per heavy atom. The van der Waals surface area contributed by atoms with Crippen LogP contribution in [0.1, 0.15) is 16.1 Å².